The second-order valence-electron chi connectivity index (χ2n) is 8.37. The van der Waals surface area contributed by atoms with Crippen molar-refractivity contribution in [2.75, 3.05) is 0 Å². The summed E-state index contributed by atoms with van der Waals surface area (Å²) in [6.45, 7) is 1.82. The number of carbonyl (C=O) groups is 1. The lowest BCUT2D eigenvalue weighted by Gasteiger charge is -2.17. The molecule has 0 radical (unpaired) electrons. The van der Waals surface area contributed by atoms with Crippen LogP contribution in [0.2, 0.25) is 0 Å². The maximum absolute atomic E-state index is 12.9. The van der Waals surface area contributed by atoms with Crippen molar-refractivity contribution in [1.82, 2.24) is 25.1 Å². The van der Waals surface area contributed by atoms with E-state index in [0.717, 1.165) is 35.2 Å². The molecule has 8 heteroatoms. The lowest BCUT2D eigenvalue weighted by Crippen LogP contribution is -2.40. The van der Waals surface area contributed by atoms with E-state index in [0.29, 0.717) is 30.2 Å². The Morgan fingerprint density at radius 3 is 2.70 bits per heavy atom. The van der Waals surface area contributed by atoms with Crippen molar-refractivity contribution >= 4 is 5.91 Å². The molecule has 8 nitrogen and oxygen atoms in total. The van der Waals surface area contributed by atoms with Gasteiger partial charge in [0.1, 0.15) is 17.7 Å². The number of aryl methyl sites for hydroxylation is 1. The van der Waals surface area contributed by atoms with E-state index in [1.807, 2.05) is 43.3 Å². The predicted octanol–water partition coefficient (Wildman–Crippen LogP) is 3.46. The van der Waals surface area contributed by atoms with Gasteiger partial charge in [-0.2, -0.15) is 5.10 Å². The Balaban J connectivity index is 1.40. The summed E-state index contributed by atoms with van der Waals surface area (Å²) in [5.41, 5.74) is 4.13. The van der Waals surface area contributed by atoms with Gasteiger partial charge in [-0.1, -0.05) is 24.3 Å². The van der Waals surface area contributed by atoms with Crippen LogP contribution >= 0.6 is 0 Å². The van der Waals surface area contributed by atoms with Crippen LogP contribution in [0.15, 0.2) is 65.5 Å². The molecule has 3 heterocycles. The molecule has 0 aliphatic heterocycles. The van der Waals surface area contributed by atoms with E-state index in [1.165, 1.54) is 0 Å². The number of nitrogens with one attached hydrogen (secondary N) is 1. The standard InChI is InChI=1S/C25H25N5O3/c1-16-27-22(15-33-16)19-8-6-17(7-9-19)12-18-13-21(25(32)29-20-4-2-5-23(20)31)28-24(14-18)30-11-3-10-26-30/h3,6-11,13-15,20,23,31H,2,4-5,12H2,1H3,(H,29,32)/t20-,23-/m0/s1. The number of aliphatic hydroxyl groups is 1. The minimum absolute atomic E-state index is 0.233. The maximum Gasteiger partial charge on any atom is 0.270 e. The first-order valence-electron chi connectivity index (χ1n) is 11.1. The third-order valence-electron chi connectivity index (χ3n) is 5.92. The summed E-state index contributed by atoms with van der Waals surface area (Å²) in [4.78, 5) is 21.8. The van der Waals surface area contributed by atoms with Gasteiger partial charge >= 0.3 is 0 Å². The first-order chi connectivity index (χ1) is 16.0. The van der Waals surface area contributed by atoms with Gasteiger partial charge in [-0.05, 0) is 55.0 Å². The summed E-state index contributed by atoms with van der Waals surface area (Å²) in [5, 5.41) is 17.3. The quantitative estimate of drug-likeness (QED) is 0.473. The monoisotopic (exact) mass is 443 g/mol. The molecule has 5 rings (SSSR count). The second-order valence-corrected chi connectivity index (χ2v) is 8.37. The molecule has 33 heavy (non-hydrogen) atoms. The van der Waals surface area contributed by atoms with E-state index in [4.69, 9.17) is 4.42 Å². The van der Waals surface area contributed by atoms with E-state index in [2.05, 4.69) is 20.4 Å². The number of amides is 1. The van der Waals surface area contributed by atoms with Crippen molar-refractivity contribution in [3.05, 3.63) is 83.8 Å². The summed E-state index contributed by atoms with van der Waals surface area (Å²) < 4.78 is 6.94. The van der Waals surface area contributed by atoms with Crippen molar-refractivity contribution in [2.24, 2.45) is 0 Å². The number of pyridine rings is 1. The molecule has 0 bridgehead atoms. The van der Waals surface area contributed by atoms with E-state index in [1.54, 1.807) is 29.4 Å². The van der Waals surface area contributed by atoms with Crippen molar-refractivity contribution in [3.8, 4) is 17.1 Å². The third kappa shape index (κ3) is 4.70. The Morgan fingerprint density at radius 2 is 2.03 bits per heavy atom. The van der Waals surface area contributed by atoms with Crippen LogP contribution in [0, 0.1) is 6.92 Å². The van der Waals surface area contributed by atoms with Gasteiger partial charge in [-0.3, -0.25) is 4.79 Å². The highest BCUT2D eigenvalue weighted by Crippen LogP contribution is 2.22. The van der Waals surface area contributed by atoms with Crippen LogP contribution in [-0.4, -0.2) is 42.9 Å². The summed E-state index contributed by atoms with van der Waals surface area (Å²) >= 11 is 0. The van der Waals surface area contributed by atoms with Gasteiger partial charge in [0.05, 0.1) is 12.1 Å². The van der Waals surface area contributed by atoms with Crippen LogP contribution < -0.4 is 5.32 Å². The smallest absolute Gasteiger partial charge is 0.270 e. The molecule has 0 unspecified atom stereocenters. The van der Waals surface area contributed by atoms with Gasteiger partial charge in [0.25, 0.3) is 5.91 Å². The number of benzene rings is 1. The fraction of sp³-hybridized carbons (Fsp3) is 0.280. The first kappa shape index (κ1) is 21.1. The molecule has 2 N–H and O–H groups in total. The van der Waals surface area contributed by atoms with Crippen LogP contribution in [0.3, 0.4) is 0 Å². The molecule has 2 atom stereocenters. The number of aromatic nitrogens is 4. The SMILES string of the molecule is Cc1nc(-c2ccc(Cc3cc(C(=O)N[C@H]4CCC[C@@H]4O)nc(-n4cccn4)c3)cc2)co1. The van der Waals surface area contributed by atoms with Crippen molar-refractivity contribution in [1.29, 1.82) is 0 Å². The molecule has 1 amide bonds. The number of rotatable bonds is 6. The van der Waals surface area contributed by atoms with Gasteiger partial charge in [-0.15, -0.1) is 0 Å². The summed E-state index contributed by atoms with van der Waals surface area (Å²) in [6.07, 6.45) is 7.63. The minimum atomic E-state index is -0.505. The first-order valence-corrected chi connectivity index (χ1v) is 11.1. The average molecular weight is 444 g/mol. The normalized spacial score (nSPS) is 17.9. The Kier molecular flexibility index (Phi) is 5.75. The maximum atomic E-state index is 12.9. The highest BCUT2D eigenvalue weighted by Gasteiger charge is 2.27. The number of aliphatic hydroxyl groups excluding tert-OH is 1. The molecule has 4 aromatic rings. The Labute approximate surface area is 191 Å². The number of nitrogens with zero attached hydrogens (tertiary/aromatic N) is 4. The van der Waals surface area contributed by atoms with Crippen LogP contribution in [-0.2, 0) is 6.42 Å². The molecule has 3 aromatic heterocycles. The number of hydrogen-bond acceptors (Lipinski definition) is 6. The van der Waals surface area contributed by atoms with Gasteiger partial charge in [0.15, 0.2) is 11.7 Å². The second kappa shape index (κ2) is 8.99. The highest BCUT2D eigenvalue weighted by atomic mass is 16.3. The molecule has 1 aromatic carbocycles. The Bertz CT molecular complexity index is 1250. The minimum Gasteiger partial charge on any atom is -0.449 e. The predicted molar refractivity (Wildman–Crippen MR) is 122 cm³/mol. The van der Waals surface area contributed by atoms with E-state index < -0.39 is 6.10 Å². The average Bonchev–Trinajstić information content (AvgIpc) is 3.58. The molecule has 0 saturated heterocycles. The van der Waals surface area contributed by atoms with Crippen LogP contribution in [0.5, 0.6) is 0 Å². The topological polar surface area (TPSA) is 106 Å². The molecule has 0 spiro atoms. The van der Waals surface area contributed by atoms with Gasteiger partial charge in [0.2, 0.25) is 0 Å². The van der Waals surface area contributed by atoms with Crippen LogP contribution in [0.25, 0.3) is 17.1 Å². The Morgan fingerprint density at radius 1 is 1.18 bits per heavy atom. The van der Waals surface area contributed by atoms with Crippen LogP contribution in [0.4, 0.5) is 0 Å². The summed E-state index contributed by atoms with van der Waals surface area (Å²) in [7, 11) is 0. The van der Waals surface area contributed by atoms with Crippen molar-refractivity contribution < 1.29 is 14.3 Å². The molecule has 1 fully saturated rings. The third-order valence-corrected chi connectivity index (χ3v) is 5.92. The lowest BCUT2D eigenvalue weighted by atomic mass is 10.0. The van der Waals surface area contributed by atoms with E-state index in [-0.39, 0.29) is 11.9 Å². The summed E-state index contributed by atoms with van der Waals surface area (Å²) in [5.74, 6) is 0.921. The van der Waals surface area contributed by atoms with E-state index in [9.17, 15) is 9.90 Å². The molecule has 1 aliphatic carbocycles. The highest BCUT2D eigenvalue weighted by molar-refractivity contribution is 5.93. The summed E-state index contributed by atoms with van der Waals surface area (Å²) in [6, 6.07) is 13.4. The lowest BCUT2D eigenvalue weighted by molar-refractivity contribution is 0.0868. The largest absolute Gasteiger partial charge is 0.449 e. The fourth-order valence-corrected chi connectivity index (χ4v) is 4.19. The van der Waals surface area contributed by atoms with E-state index >= 15 is 0 Å². The van der Waals surface area contributed by atoms with Crippen LogP contribution in [0.1, 0.15) is 46.8 Å². The number of hydrogen-bond donors (Lipinski definition) is 2. The number of oxazole rings is 1. The van der Waals surface area contributed by atoms with Crippen molar-refractivity contribution in [3.63, 3.8) is 0 Å². The zero-order valence-electron chi connectivity index (χ0n) is 18.3. The molecular formula is C25H25N5O3. The molecular weight excluding hydrogens is 418 g/mol. The van der Waals surface area contributed by atoms with Gasteiger partial charge in [0, 0.05) is 24.9 Å². The van der Waals surface area contributed by atoms with Gasteiger partial charge < -0.3 is 14.8 Å². The molecule has 168 valence electrons. The van der Waals surface area contributed by atoms with Gasteiger partial charge in [-0.25, -0.2) is 14.6 Å². The fourth-order valence-electron chi connectivity index (χ4n) is 4.19. The Hall–Kier alpha value is -3.78. The molecule has 1 aliphatic rings. The number of carbonyl (C=O) groups excluding carboxylic acids is 1. The zero-order valence-corrected chi connectivity index (χ0v) is 18.3. The zero-order chi connectivity index (χ0) is 22.8. The molecule has 1 saturated carbocycles. The van der Waals surface area contributed by atoms with Crippen molar-refractivity contribution in [2.45, 2.75) is 44.8 Å².